The van der Waals surface area contributed by atoms with Gasteiger partial charge in [-0.25, -0.2) is 0 Å². The number of hydrogen-bond donors (Lipinski definition) is 1. The maximum absolute atomic E-state index is 12.4. The number of aliphatic hydroxyl groups is 1. The molecule has 0 aliphatic carbocycles. The molecule has 0 amide bonds. The van der Waals surface area contributed by atoms with Crippen LogP contribution in [0.1, 0.15) is 24.1 Å². The van der Waals surface area contributed by atoms with Crippen molar-refractivity contribution in [2.45, 2.75) is 24.9 Å². The molecule has 0 radical (unpaired) electrons. The van der Waals surface area contributed by atoms with Crippen LogP contribution in [-0.2, 0) is 5.60 Å². The van der Waals surface area contributed by atoms with E-state index in [4.69, 9.17) is 11.6 Å². The molecule has 27 heavy (non-hydrogen) atoms. The van der Waals surface area contributed by atoms with Crippen LogP contribution in [0.25, 0.3) is 0 Å². The highest BCUT2D eigenvalue weighted by Crippen LogP contribution is 2.40. The van der Waals surface area contributed by atoms with Crippen molar-refractivity contribution >= 4 is 11.6 Å². The molecule has 0 fully saturated rings. The second kappa shape index (κ2) is 7.16. The molecule has 2 unspecified atom stereocenters. The lowest BCUT2D eigenvalue weighted by Gasteiger charge is -2.34. The normalized spacial score (nSPS) is 15.2. The number of hydrogen-bond acceptors (Lipinski definition) is 5. The van der Waals surface area contributed by atoms with Gasteiger partial charge in [-0.15, -0.1) is 23.4 Å². The number of rotatable bonds is 5. The number of halogens is 4. The molecule has 6 nitrogen and oxygen atoms in total. The van der Waals surface area contributed by atoms with Crippen molar-refractivity contribution in [2.24, 2.45) is 0 Å². The van der Waals surface area contributed by atoms with Crippen molar-refractivity contribution in [3.8, 4) is 5.75 Å². The molecule has 1 aromatic heterocycles. The SMILES string of the molecule is CC(n1ncnn1)C(O)(c1ccc(Cl)cc1)c1ccc(OC(F)(F)F)cc1. The van der Waals surface area contributed by atoms with Crippen LogP contribution < -0.4 is 4.74 Å². The molecule has 1 heterocycles. The van der Waals surface area contributed by atoms with Crippen molar-refractivity contribution in [2.75, 3.05) is 0 Å². The fourth-order valence-electron chi connectivity index (χ4n) is 2.78. The Kier molecular flexibility index (Phi) is 5.07. The van der Waals surface area contributed by atoms with E-state index >= 15 is 0 Å². The Morgan fingerprint density at radius 2 is 1.59 bits per heavy atom. The minimum absolute atomic E-state index is 0.323. The Bertz CT molecular complexity index is 886. The Hall–Kier alpha value is -2.65. The van der Waals surface area contributed by atoms with E-state index in [1.165, 1.54) is 23.3 Å². The monoisotopic (exact) mass is 398 g/mol. The van der Waals surface area contributed by atoms with Crippen molar-refractivity contribution in [1.29, 1.82) is 0 Å². The molecule has 1 N–H and O–H groups in total. The van der Waals surface area contributed by atoms with Gasteiger partial charge in [-0.2, -0.15) is 4.80 Å². The Balaban J connectivity index is 2.05. The second-order valence-corrected chi connectivity index (χ2v) is 6.21. The number of alkyl halides is 3. The van der Waals surface area contributed by atoms with Crippen molar-refractivity contribution in [1.82, 2.24) is 20.2 Å². The molecule has 2 aromatic carbocycles. The van der Waals surface area contributed by atoms with E-state index in [2.05, 4.69) is 20.1 Å². The highest BCUT2D eigenvalue weighted by molar-refractivity contribution is 6.30. The predicted molar refractivity (Wildman–Crippen MR) is 90.1 cm³/mol. The number of tetrazole rings is 1. The van der Waals surface area contributed by atoms with Gasteiger partial charge in [0.05, 0.1) is 0 Å². The summed E-state index contributed by atoms with van der Waals surface area (Å²) in [7, 11) is 0. The number of ether oxygens (including phenoxy) is 1. The summed E-state index contributed by atoms with van der Waals surface area (Å²) in [6.07, 6.45) is -3.58. The summed E-state index contributed by atoms with van der Waals surface area (Å²) in [6.45, 7) is 1.66. The van der Waals surface area contributed by atoms with Crippen LogP contribution in [0.15, 0.2) is 54.9 Å². The lowest BCUT2D eigenvalue weighted by Crippen LogP contribution is -2.37. The zero-order chi connectivity index (χ0) is 19.7. The Morgan fingerprint density at radius 3 is 2.07 bits per heavy atom. The third-order valence-corrected chi connectivity index (χ3v) is 4.38. The van der Waals surface area contributed by atoms with Gasteiger partial charge in [0, 0.05) is 5.02 Å². The zero-order valence-electron chi connectivity index (χ0n) is 13.9. The summed E-state index contributed by atoms with van der Waals surface area (Å²) in [5, 5.41) is 23.4. The molecule has 3 aromatic rings. The average Bonchev–Trinajstić information content (AvgIpc) is 3.15. The van der Waals surface area contributed by atoms with Crippen LogP contribution in [0, 0.1) is 0 Å². The maximum atomic E-state index is 12.4. The smallest absolute Gasteiger partial charge is 0.406 e. The third-order valence-electron chi connectivity index (χ3n) is 4.13. The van der Waals surface area contributed by atoms with Crippen LogP contribution in [-0.4, -0.2) is 31.7 Å². The summed E-state index contributed by atoms with van der Waals surface area (Å²) >= 11 is 5.92. The molecule has 2 atom stereocenters. The second-order valence-electron chi connectivity index (χ2n) is 5.78. The molecule has 0 saturated carbocycles. The maximum Gasteiger partial charge on any atom is 0.573 e. The molecular weight excluding hydrogens is 385 g/mol. The first kappa shape index (κ1) is 19.1. The quantitative estimate of drug-likeness (QED) is 0.709. The first-order chi connectivity index (χ1) is 12.7. The van der Waals surface area contributed by atoms with Gasteiger partial charge in [-0.3, -0.25) is 0 Å². The highest BCUT2D eigenvalue weighted by atomic mass is 35.5. The summed E-state index contributed by atoms with van der Waals surface area (Å²) in [4.78, 5) is 1.22. The van der Waals surface area contributed by atoms with Gasteiger partial charge in [-0.05, 0) is 47.5 Å². The van der Waals surface area contributed by atoms with E-state index in [0.717, 1.165) is 12.1 Å². The van der Waals surface area contributed by atoms with Crippen LogP contribution in [0.3, 0.4) is 0 Å². The van der Waals surface area contributed by atoms with Gasteiger partial charge >= 0.3 is 6.36 Å². The summed E-state index contributed by atoms with van der Waals surface area (Å²) in [5.41, 5.74) is -0.882. The lowest BCUT2D eigenvalue weighted by atomic mass is 9.81. The van der Waals surface area contributed by atoms with Gasteiger partial charge in [0.25, 0.3) is 0 Å². The van der Waals surface area contributed by atoms with Gasteiger partial charge in [0.2, 0.25) is 0 Å². The molecule has 10 heteroatoms. The molecule has 0 spiro atoms. The van der Waals surface area contributed by atoms with E-state index in [0.29, 0.717) is 16.1 Å². The minimum atomic E-state index is -4.80. The first-order valence-electron chi connectivity index (χ1n) is 7.77. The molecule has 142 valence electrons. The molecule has 0 aliphatic heterocycles. The van der Waals surface area contributed by atoms with Crippen molar-refractivity contribution < 1.29 is 23.0 Å². The average molecular weight is 399 g/mol. The van der Waals surface area contributed by atoms with E-state index in [9.17, 15) is 18.3 Å². The van der Waals surface area contributed by atoms with Crippen molar-refractivity contribution in [3.63, 3.8) is 0 Å². The van der Waals surface area contributed by atoms with Crippen LogP contribution in [0.4, 0.5) is 13.2 Å². The van der Waals surface area contributed by atoms with Crippen LogP contribution in [0.2, 0.25) is 5.02 Å². The highest BCUT2D eigenvalue weighted by Gasteiger charge is 2.40. The van der Waals surface area contributed by atoms with E-state index in [1.807, 2.05) is 0 Å². The standard InChI is InChI=1S/C17H14ClF3N4O2/c1-11(25-23-10-22-24-25)16(26,12-2-6-14(18)7-3-12)13-4-8-15(9-5-13)27-17(19,20)21/h2-11,26H,1H3. The minimum Gasteiger partial charge on any atom is -0.406 e. The van der Waals surface area contributed by atoms with Gasteiger partial charge < -0.3 is 9.84 Å². The molecule has 0 aliphatic rings. The summed E-state index contributed by atoms with van der Waals surface area (Å²) in [5.74, 6) is -0.392. The predicted octanol–water partition coefficient (Wildman–Crippen LogP) is 3.72. The molecule has 3 rings (SSSR count). The van der Waals surface area contributed by atoms with Crippen LogP contribution >= 0.6 is 11.6 Å². The van der Waals surface area contributed by atoms with E-state index in [1.54, 1.807) is 31.2 Å². The summed E-state index contributed by atoms with van der Waals surface area (Å²) < 4.78 is 41.0. The lowest BCUT2D eigenvalue weighted by molar-refractivity contribution is -0.274. The number of benzene rings is 2. The summed E-state index contributed by atoms with van der Waals surface area (Å²) in [6, 6.07) is 10.7. The van der Waals surface area contributed by atoms with Gasteiger partial charge in [0.15, 0.2) is 6.33 Å². The van der Waals surface area contributed by atoms with Gasteiger partial charge in [0.1, 0.15) is 17.4 Å². The largest absolute Gasteiger partial charge is 0.573 e. The molecular formula is C17H14ClF3N4O2. The van der Waals surface area contributed by atoms with E-state index < -0.39 is 23.8 Å². The van der Waals surface area contributed by atoms with E-state index in [-0.39, 0.29) is 0 Å². The molecule has 0 saturated heterocycles. The van der Waals surface area contributed by atoms with Crippen LogP contribution in [0.5, 0.6) is 5.75 Å². The zero-order valence-corrected chi connectivity index (χ0v) is 14.7. The topological polar surface area (TPSA) is 73.1 Å². The molecule has 0 bridgehead atoms. The Labute approximate surface area is 157 Å². The van der Waals surface area contributed by atoms with Crippen molar-refractivity contribution in [3.05, 3.63) is 71.0 Å². The number of aromatic nitrogens is 4. The van der Waals surface area contributed by atoms with Gasteiger partial charge in [-0.1, -0.05) is 35.9 Å². The fourth-order valence-corrected chi connectivity index (χ4v) is 2.91. The fraction of sp³-hybridized carbons (Fsp3) is 0.235. The third kappa shape index (κ3) is 4.04. The Morgan fingerprint density at radius 1 is 1.04 bits per heavy atom. The first-order valence-corrected chi connectivity index (χ1v) is 8.15. The number of nitrogens with zero attached hydrogens (tertiary/aromatic N) is 4.